The molecule has 0 aliphatic heterocycles. The molecule has 0 radical (unpaired) electrons. The maximum absolute atomic E-state index is 12.4. The lowest BCUT2D eigenvalue weighted by Crippen LogP contribution is -2.54. The first kappa shape index (κ1) is 15.3. The number of hydrogen-bond acceptors (Lipinski definition) is 3. The highest BCUT2D eigenvalue weighted by Crippen LogP contribution is 2.58. The molecule has 0 aromatic rings. The van der Waals surface area contributed by atoms with E-state index in [1.165, 1.54) is 0 Å². The molecule has 3 N–H and O–H groups in total. The third kappa shape index (κ3) is 2.55. The number of carbonyl (C=O) groups excluding carboxylic acids is 1. The minimum Gasteiger partial charge on any atom is -0.481 e. The van der Waals surface area contributed by atoms with Crippen molar-refractivity contribution in [1.82, 2.24) is 5.32 Å². The van der Waals surface area contributed by atoms with Crippen LogP contribution in [0.15, 0.2) is 0 Å². The SMILES string of the molecule is CC1CCCC(CO)(NC(=O)C2C(C(=O)O)C2(C)C)C1. The zero-order chi connectivity index (χ0) is 15.1. The number of rotatable bonds is 4. The van der Waals surface area contributed by atoms with Crippen LogP contribution in [-0.4, -0.2) is 34.2 Å². The monoisotopic (exact) mass is 283 g/mol. The molecule has 4 atom stereocenters. The predicted molar refractivity (Wildman–Crippen MR) is 74.0 cm³/mol. The van der Waals surface area contributed by atoms with Crippen molar-refractivity contribution in [2.24, 2.45) is 23.2 Å². The summed E-state index contributed by atoms with van der Waals surface area (Å²) in [6.07, 6.45) is 3.63. The Morgan fingerprint density at radius 3 is 2.40 bits per heavy atom. The Balaban J connectivity index is 2.06. The maximum atomic E-state index is 12.4. The molecule has 0 saturated heterocycles. The van der Waals surface area contributed by atoms with Gasteiger partial charge in [0, 0.05) is 0 Å². The van der Waals surface area contributed by atoms with E-state index in [9.17, 15) is 14.7 Å². The first-order chi connectivity index (χ1) is 9.23. The molecule has 0 heterocycles. The molecule has 0 aromatic heterocycles. The third-order valence-electron chi connectivity index (χ3n) is 5.16. The van der Waals surface area contributed by atoms with E-state index in [-0.39, 0.29) is 12.5 Å². The van der Waals surface area contributed by atoms with Crippen LogP contribution in [0.25, 0.3) is 0 Å². The molecule has 5 nitrogen and oxygen atoms in total. The standard InChI is InChI=1S/C15H25NO4/c1-9-5-4-6-15(7-9,8-17)16-12(18)10-11(13(19)20)14(10,2)3/h9-11,17H,4-8H2,1-3H3,(H,16,18)(H,19,20). The Morgan fingerprint density at radius 2 is 1.95 bits per heavy atom. The van der Waals surface area contributed by atoms with Gasteiger partial charge in [0.1, 0.15) is 0 Å². The average molecular weight is 283 g/mol. The minimum atomic E-state index is -0.912. The quantitative estimate of drug-likeness (QED) is 0.728. The summed E-state index contributed by atoms with van der Waals surface area (Å²) in [5, 5.41) is 21.8. The molecule has 114 valence electrons. The van der Waals surface area contributed by atoms with Gasteiger partial charge in [0.2, 0.25) is 5.91 Å². The Morgan fingerprint density at radius 1 is 1.30 bits per heavy atom. The number of carboxylic acid groups (broad SMARTS) is 1. The van der Waals surface area contributed by atoms with Crippen LogP contribution in [0.5, 0.6) is 0 Å². The van der Waals surface area contributed by atoms with E-state index >= 15 is 0 Å². The maximum Gasteiger partial charge on any atom is 0.307 e. The molecule has 0 spiro atoms. The number of aliphatic hydroxyl groups is 1. The van der Waals surface area contributed by atoms with Crippen LogP contribution in [0.3, 0.4) is 0 Å². The molecule has 2 fully saturated rings. The summed E-state index contributed by atoms with van der Waals surface area (Å²) >= 11 is 0. The van der Waals surface area contributed by atoms with Gasteiger partial charge < -0.3 is 15.5 Å². The van der Waals surface area contributed by atoms with E-state index in [1.54, 1.807) is 0 Å². The van der Waals surface area contributed by atoms with Crippen LogP contribution < -0.4 is 5.32 Å². The molecular formula is C15H25NO4. The largest absolute Gasteiger partial charge is 0.481 e. The fraction of sp³-hybridized carbons (Fsp3) is 0.867. The number of amides is 1. The topological polar surface area (TPSA) is 86.6 Å². The Kier molecular flexibility index (Phi) is 3.84. The van der Waals surface area contributed by atoms with Crippen molar-refractivity contribution >= 4 is 11.9 Å². The average Bonchev–Trinajstić information content (AvgIpc) is 2.92. The van der Waals surface area contributed by atoms with E-state index in [1.807, 2.05) is 13.8 Å². The molecule has 2 aliphatic rings. The van der Waals surface area contributed by atoms with Gasteiger partial charge in [0.25, 0.3) is 0 Å². The number of aliphatic carboxylic acids is 1. The summed E-state index contributed by atoms with van der Waals surface area (Å²) in [7, 11) is 0. The number of hydrogen-bond donors (Lipinski definition) is 3. The van der Waals surface area contributed by atoms with Gasteiger partial charge in [-0.3, -0.25) is 9.59 Å². The Labute approximate surface area is 119 Å². The first-order valence-corrected chi connectivity index (χ1v) is 7.39. The van der Waals surface area contributed by atoms with E-state index in [0.717, 1.165) is 25.7 Å². The van der Waals surface area contributed by atoms with Crippen LogP contribution >= 0.6 is 0 Å². The minimum absolute atomic E-state index is 0.0754. The lowest BCUT2D eigenvalue weighted by molar-refractivity contribution is -0.140. The van der Waals surface area contributed by atoms with E-state index in [2.05, 4.69) is 12.2 Å². The number of carboxylic acids is 1. The Bertz CT molecular complexity index is 420. The van der Waals surface area contributed by atoms with Crippen molar-refractivity contribution in [3.63, 3.8) is 0 Å². The van der Waals surface area contributed by atoms with Crippen molar-refractivity contribution in [3.05, 3.63) is 0 Å². The Hall–Kier alpha value is -1.10. The zero-order valence-corrected chi connectivity index (χ0v) is 12.5. The van der Waals surface area contributed by atoms with Crippen molar-refractivity contribution in [2.75, 3.05) is 6.61 Å². The van der Waals surface area contributed by atoms with Crippen molar-refractivity contribution in [2.45, 2.75) is 52.0 Å². The van der Waals surface area contributed by atoms with Gasteiger partial charge >= 0.3 is 5.97 Å². The van der Waals surface area contributed by atoms with Gasteiger partial charge in [0.15, 0.2) is 0 Å². The number of nitrogens with one attached hydrogen (secondary N) is 1. The number of aliphatic hydroxyl groups excluding tert-OH is 1. The lowest BCUT2D eigenvalue weighted by atomic mass is 9.76. The van der Waals surface area contributed by atoms with Gasteiger partial charge in [-0.2, -0.15) is 0 Å². The van der Waals surface area contributed by atoms with Crippen molar-refractivity contribution in [3.8, 4) is 0 Å². The molecule has 20 heavy (non-hydrogen) atoms. The molecule has 2 saturated carbocycles. The second kappa shape index (κ2) is 5.02. The van der Waals surface area contributed by atoms with Crippen LogP contribution in [0.2, 0.25) is 0 Å². The van der Waals surface area contributed by atoms with Gasteiger partial charge in [-0.1, -0.05) is 33.6 Å². The van der Waals surface area contributed by atoms with E-state index in [0.29, 0.717) is 5.92 Å². The van der Waals surface area contributed by atoms with E-state index in [4.69, 9.17) is 5.11 Å². The van der Waals surface area contributed by atoms with Crippen molar-refractivity contribution < 1.29 is 19.8 Å². The highest BCUT2D eigenvalue weighted by Gasteiger charge is 2.66. The summed E-state index contributed by atoms with van der Waals surface area (Å²) in [5.74, 6) is -1.76. The van der Waals surface area contributed by atoms with Crippen LogP contribution in [0.1, 0.15) is 46.5 Å². The summed E-state index contributed by atoms with van der Waals surface area (Å²) in [6.45, 7) is 5.67. The molecular weight excluding hydrogens is 258 g/mol. The molecule has 1 amide bonds. The summed E-state index contributed by atoms with van der Waals surface area (Å²) < 4.78 is 0. The summed E-state index contributed by atoms with van der Waals surface area (Å²) in [4.78, 5) is 23.5. The first-order valence-electron chi connectivity index (χ1n) is 7.39. The fourth-order valence-electron chi connectivity index (χ4n) is 3.88. The van der Waals surface area contributed by atoms with Crippen LogP contribution in [0, 0.1) is 23.2 Å². The molecule has 5 heteroatoms. The number of carbonyl (C=O) groups is 2. The van der Waals surface area contributed by atoms with Gasteiger partial charge in [-0.05, 0) is 24.2 Å². The zero-order valence-electron chi connectivity index (χ0n) is 12.5. The predicted octanol–water partition coefficient (Wildman–Crippen LogP) is 1.40. The second-order valence-electron chi connectivity index (χ2n) is 7.24. The van der Waals surface area contributed by atoms with Crippen molar-refractivity contribution in [1.29, 1.82) is 0 Å². The van der Waals surface area contributed by atoms with Gasteiger partial charge in [0.05, 0.1) is 24.0 Å². The van der Waals surface area contributed by atoms with Gasteiger partial charge in [-0.15, -0.1) is 0 Å². The molecule has 4 unspecified atom stereocenters. The molecule has 0 bridgehead atoms. The third-order valence-corrected chi connectivity index (χ3v) is 5.16. The molecule has 2 rings (SSSR count). The van der Waals surface area contributed by atoms with Crippen LogP contribution in [-0.2, 0) is 9.59 Å². The molecule has 0 aromatic carbocycles. The smallest absolute Gasteiger partial charge is 0.307 e. The van der Waals surface area contributed by atoms with Crippen LogP contribution in [0.4, 0.5) is 0 Å². The highest BCUT2D eigenvalue weighted by atomic mass is 16.4. The summed E-state index contributed by atoms with van der Waals surface area (Å²) in [6, 6.07) is 0. The second-order valence-corrected chi connectivity index (χ2v) is 7.24. The normalized spacial score (nSPS) is 39.1. The highest BCUT2D eigenvalue weighted by molar-refractivity contribution is 5.92. The van der Waals surface area contributed by atoms with E-state index < -0.39 is 28.8 Å². The lowest BCUT2D eigenvalue weighted by Gasteiger charge is -2.39. The van der Waals surface area contributed by atoms with Gasteiger partial charge in [-0.25, -0.2) is 0 Å². The summed E-state index contributed by atoms with van der Waals surface area (Å²) in [5.41, 5.74) is -1.05. The molecule has 2 aliphatic carbocycles. The fourth-order valence-corrected chi connectivity index (χ4v) is 3.88.